The van der Waals surface area contributed by atoms with Crippen LogP contribution >= 0.6 is 0 Å². The van der Waals surface area contributed by atoms with Crippen LogP contribution in [0.15, 0.2) is 0 Å². The van der Waals surface area contributed by atoms with Crippen molar-refractivity contribution in [2.24, 2.45) is 11.8 Å². The fourth-order valence-corrected chi connectivity index (χ4v) is 2.23. The highest BCUT2D eigenvalue weighted by Gasteiger charge is 2.52. The molecule has 0 bridgehead atoms. The van der Waals surface area contributed by atoms with Gasteiger partial charge in [-0.2, -0.15) is 26.3 Å². The quantitative estimate of drug-likeness (QED) is 0.601. The van der Waals surface area contributed by atoms with Crippen molar-refractivity contribution in [3.05, 3.63) is 0 Å². The fraction of sp³-hybridized carbons (Fsp3) is 0.909. The number of hydrogen-bond acceptors (Lipinski definition) is 3. The summed E-state index contributed by atoms with van der Waals surface area (Å²) in [5.41, 5.74) is 0. The van der Waals surface area contributed by atoms with Gasteiger partial charge in [0.05, 0.1) is 11.8 Å². The number of halogens is 6. The second-order valence-corrected chi connectivity index (χ2v) is 4.87. The summed E-state index contributed by atoms with van der Waals surface area (Å²) in [4.78, 5) is 12.1. The highest BCUT2D eigenvalue weighted by atomic mass is 19.4. The van der Waals surface area contributed by atoms with Crippen LogP contribution in [0, 0.1) is 11.8 Å². The zero-order valence-electron chi connectivity index (χ0n) is 10.9. The molecule has 0 radical (unpaired) electrons. The van der Waals surface area contributed by atoms with Crippen LogP contribution in [0.5, 0.6) is 0 Å². The van der Waals surface area contributed by atoms with Crippen molar-refractivity contribution in [1.82, 2.24) is 4.90 Å². The van der Waals surface area contributed by atoms with Crippen LogP contribution in [0.25, 0.3) is 0 Å². The third kappa shape index (κ3) is 6.08. The topological polar surface area (TPSA) is 49.8 Å². The van der Waals surface area contributed by atoms with Crippen LogP contribution in [-0.2, 0) is 9.53 Å². The Morgan fingerprint density at radius 2 is 1.81 bits per heavy atom. The first kappa shape index (κ1) is 18.0. The molecule has 1 saturated heterocycles. The first-order valence-corrected chi connectivity index (χ1v) is 6.17. The first-order chi connectivity index (χ1) is 9.50. The van der Waals surface area contributed by atoms with Crippen molar-refractivity contribution in [2.75, 3.05) is 32.8 Å². The van der Waals surface area contributed by atoms with Crippen LogP contribution in [0.4, 0.5) is 26.3 Å². The van der Waals surface area contributed by atoms with E-state index in [1.165, 1.54) is 4.90 Å². The summed E-state index contributed by atoms with van der Waals surface area (Å²) < 4.78 is 77.7. The molecule has 0 amide bonds. The average Bonchev–Trinajstić information content (AvgIpc) is 2.71. The molecule has 0 spiro atoms. The highest BCUT2D eigenvalue weighted by Crippen LogP contribution is 2.37. The van der Waals surface area contributed by atoms with Gasteiger partial charge >= 0.3 is 18.3 Å². The maximum Gasteiger partial charge on any atom is 0.411 e. The molecular formula is C11H15F6NO3. The predicted octanol–water partition coefficient (Wildman–Crippen LogP) is 2.15. The number of carboxylic acids is 1. The SMILES string of the molecule is O=C(O)[C@@H]1CN(CCCOCC(F)(F)F)C[C@H]1C(F)(F)F. The van der Waals surface area contributed by atoms with Gasteiger partial charge in [-0.25, -0.2) is 0 Å². The van der Waals surface area contributed by atoms with E-state index in [4.69, 9.17) is 5.11 Å². The van der Waals surface area contributed by atoms with Gasteiger partial charge < -0.3 is 14.7 Å². The number of rotatable bonds is 6. The second-order valence-electron chi connectivity index (χ2n) is 4.87. The summed E-state index contributed by atoms with van der Waals surface area (Å²) >= 11 is 0. The lowest BCUT2D eigenvalue weighted by molar-refractivity contribution is -0.188. The summed E-state index contributed by atoms with van der Waals surface area (Å²) in [6.07, 6.45) is -8.94. The smallest absolute Gasteiger partial charge is 0.411 e. The normalized spacial score (nSPS) is 24.5. The maximum atomic E-state index is 12.7. The Hall–Kier alpha value is -1.03. The number of carbonyl (C=O) groups is 1. The molecule has 2 atom stereocenters. The number of nitrogens with zero attached hydrogens (tertiary/aromatic N) is 1. The third-order valence-electron chi connectivity index (χ3n) is 3.16. The molecule has 10 heteroatoms. The molecule has 0 aromatic rings. The molecule has 124 valence electrons. The van der Waals surface area contributed by atoms with E-state index in [-0.39, 0.29) is 26.1 Å². The summed E-state index contributed by atoms with van der Waals surface area (Å²) in [7, 11) is 0. The standard InChI is InChI=1S/C11H15F6NO3/c12-10(13,14)6-21-3-1-2-18-4-7(9(19)20)8(5-18)11(15,16)17/h7-8H,1-6H2,(H,19,20)/t7-,8-/m1/s1. The van der Waals surface area contributed by atoms with Crippen molar-refractivity contribution in [2.45, 2.75) is 18.8 Å². The highest BCUT2D eigenvalue weighted by molar-refractivity contribution is 5.71. The van der Waals surface area contributed by atoms with Gasteiger partial charge in [0.2, 0.25) is 0 Å². The molecular weight excluding hydrogens is 308 g/mol. The molecule has 0 saturated carbocycles. The van der Waals surface area contributed by atoms with Crippen LogP contribution in [0.3, 0.4) is 0 Å². The van der Waals surface area contributed by atoms with E-state index in [9.17, 15) is 31.1 Å². The maximum absolute atomic E-state index is 12.7. The van der Waals surface area contributed by atoms with Gasteiger partial charge in [0.25, 0.3) is 0 Å². The van der Waals surface area contributed by atoms with Gasteiger partial charge in [-0.1, -0.05) is 0 Å². The van der Waals surface area contributed by atoms with E-state index in [0.29, 0.717) is 0 Å². The Balaban J connectivity index is 2.36. The van der Waals surface area contributed by atoms with E-state index < -0.39 is 43.3 Å². The van der Waals surface area contributed by atoms with Crippen molar-refractivity contribution >= 4 is 5.97 Å². The number of ether oxygens (including phenoxy) is 1. The fourth-order valence-electron chi connectivity index (χ4n) is 2.23. The number of aliphatic carboxylic acids is 1. The molecule has 0 aromatic heterocycles. The van der Waals surface area contributed by atoms with E-state index in [2.05, 4.69) is 4.74 Å². The number of hydrogen-bond donors (Lipinski definition) is 1. The Kier molecular flexibility index (Phi) is 5.85. The molecule has 1 rings (SSSR count). The minimum atomic E-state index is -4.61. The Morgan fingerprint density at radius 1 is 1.19 bits per heavy atom. The monoisotopic (exact) mass is 323 g/mol. The van der Waals surface area contributed by atoms with Gasteiger partial charge in [0, 0.05) is 26.2 Å². The summed E-state index contributed by atoms with van der Waals surface area (Å²) in [5, 5.41) is 8.79. The van der Waals surface area contributed by atoms with E-state index >= 15 is 0 Å². The molecule has 0 aliphatic carbocycles. The Morgan fingerprint density at radius 3 is 2.24 bits per heavy atom. The summed E-state index contributed by atoms with van der Waals surface area (Å²) in [6, 6.07) is 0. The molecule has 4 nitrogen and oxygen atoms in total. The third-order valence-corrected chi connectivity index (χ3v) is 3.16. The summed E-state index contributed by atoms with van der Waals surface area (Å²) in [6.45, 7) is -2.31. The molecule has 1 N–H and O–H groups in total. The van der Waals surface area contributed by atoms with E-state index in [1.54, 1.807) is 0 Å². The number of carboxylic acid groups (broad SMARTS) is 1. The van der Waals surface area contributed by atoms with Crippen LogP contribution in [0.1, 0.15) is 6.42 Å². The van der Waals surface area contributed by atoms with Gasteiger partial charge in [0.15, 0.2) is 0 Å². The van der Waals surface area contributed by atoms with Crippen LogP contribution in [-0.4, -0.2) is 61.2 Å². The molecule has 0 aromatic carbocycles. The molecule has 0 unspecified atom stereocenters. The first-order valence-electron chi connectivity index (χ1n) is 6.17. The largest absolute Gasteiger partial charge is 0.481 e. The van der Waals surface area contributed by atoms with Gasteiger partial charge in [0.1, 0.15) is 6.61 Å². The van der Waals surface area contributed by atoms with Crippen molar-refractivity contribution in [3.63, 3.8) is 0 Å². The van der Waals surface area contributed by atoms with Crippen molar-refractivity contribution < 1.29 is 41.0 Å². The zero-order chi connectivity index (χ0) is 16.3. The second kappa shape index (κ2) is 6.82. The van der Waals surface area contributed by atoms with Gasteiger partial charge in [-0.15, -0.1) is 0 Å². The average molecular weight is 323 g/mol. The lowest BCUT2D eigenvalue weighted by atomic mass is 9.96. The zero-order valence-corrected chi connectivity index (χ0v) is 10.9. The van der Waals surface area contributed by atoms with Gasteiger partial charge in [-0.05, 0) is 6.42 Å². The van der Waals surface area contributed by atoms with Gasteiger partial charge in [-0.3, -0.25) is 4.79 Å². The van der Waals surface area contributed by atoms with E-state index in [1.807, 2.05) is 0 Å². The number of likely N-dealkylation sites (tertiary alicyclic amines) is 1. The molecule has 1 aliphatic rings. The molecule has 1 heterocycles. The lowest BCUT2D eigenvalue weighted by Gasteiger charge is -2.18. The molecule has 1 aliphatic heterocycles. The lowest BCUT2D eigenvalue weighted by Crippen LogP contribution is -2.33. The van der Waals surface area contributed by atoms with Crippen molar-refractivity contribution in [1.29, 1.82) is 0 Å². The molecule has 1 fully saturated rings. The predicted molar refractivity (Wildman–Crippen MR) is 58.6 cm³/mol. The number of alkyl halides is 6. The molecule has 21 heavy (non-hydrogen) atoms. The van der Waals surface area contributed by atoms with Crippen LogP contribution in [0.2, 0.25) is 0 Å². The Labute approximate surface area is 116 Å². The van der Waals surface area contributed by atoms with Crippen LogP contribution < -0.4 is 0 Å². The Bertz CT molecular complexity index is 357. The van der Waals surface area contributed by atoms with E-state index in [0.717, 1.165) is 0 Å². The minimum absolute atomic E-state index is 0.0637. The summed E-state index contributed by atoms with van der Waals surface area (Å²) in [5.74, 6) is -5.01. The van der Waals surface area contributed by atoms with Crippen molar-refractivity contribution in [3.8, 4) is 0 Å². The minimum Gasteiger partial charge on any atom is -0.481 e.